The first kappa shape index (κ1) is 11.3. The molecule has 0 heterocycles. The number of allylic oxidation sites excluding steroid dienone is 1. The van der Waals surface area contributed by atoms with E-state index in [2.05, 4.69) is 0 Å². The molecule has 0 saturated heterocycles. The van der Waals surface area contributed by atoms with E-state index in [0.717, 1.165) is 0 Å². The third-order valence-electron chi connectivity index (χ3n) is 1.82. The van der Waals surface area contributed by atoms with Gasteiger partial charge in [-0.2, -0.15) is 5.26 Å². The molecule has 0 atom stereocenters. The molecule has 4 heteroatoms. The quantitative estimate of drug-likeness (QED) is 0.475. The summed E-state index contributed by atoms with van der Waals surface area (Å²) in [6.07, 6.45) is 0. The first-order valence-electron chi connectivity index (χ1n) is 4.16. The average molecular weight is 222 g/mol. The van der Waals surface area contributed by atoms with Gasteiger partial charge in [0.1, 0.15) is 17.4 Å². The number of halogens is 1. The van der Waals surface area contributed by atoms with E-state index in [1.54, 1.807) is 18.2 Å². The van der Waals surface area contributed by atoms with Gasteiger partial charge in [0.15, 0.2) is 5.78 Å². The Kier molecular flexibility index (Phi) is 3.48. The predicted octanol–water partition coefficient (Wildman–Crippen LogP) is 2.72. The smallest absolute Gasteiger partial charge is 0.174 e. The molecule has 0 aromatic heterocycles. The number of hydrogen-bond donors (Lipinski definition) is 1. The second-order valence-electron chi connectivity index (χ2n) is 2.90. The first-order valence-corrected chi connectivity index (χ1v) is 4.54. The number of rotatable bonds is 2. The maximum absolute atomic E-state index is 11.0. The van der Waals surface area contributed by atoms with Gasteiger partial charge in [-0.05, 0) is 24.3 Å². The van der Waals surface area contributed by atoms with Gasteiger partial charge >= 0.3 is 0 Å². The number of nitriles is 1. The van der Waals surface area contributed by atoms with Crippen molar-refractivity contribution < 1.29 is 9.90 Å². The number of carbonyl (C=O) groups is 1. The van der Waals surface area contributed by atoms with E-state index in [1.165, 1.54) is 19.1 Å². The zero-order chi connectivity index (χ0) is 11.4. The molecular formula is C11H8ClNO2. The maximum atomic E-state index is 11.0. The van der Waals surface area contributed by atoms with Crippen molar-refractivity contribution in [1.29, 1.82) is 5.26 Å². The van der Waals surface area contributed by atoms with Gasteiger partial charge in [-0.25, -0.2) is 0 Å². The zero-order valence-corrected chi connectivity index (χ0v) is 8.75. The Balaban J connectivity index is 3.24. The lowest BCUT2D eigenvalue weighted by molar-refractivity contribution is -0.113. The zero-order valence-electron chi connectivity index (χ0n) is 7.99. The van der Waals surface area contributed by atoms with Crippen LogP contribution in [0.25, 0.3) is 5.76 Å². The highest BCUT2D eigenvalue weighted by Crippen LogP contribution is 2.18. The van der Waals surface area contributed by atoms with Crippen molar-refractivity contribution in [2.24, 2.45) is 0 Å². The van der Waals surface area contributed by atoms with Crippen LogP contribution in [-0.4, -0.2) is 10.9 Å². The molecule has 0 radical (unpaired) electrons. The minimum atomic E-state index is -0.468. The van der Waals surface area contributed by atoms with Crippen LogP contribution in [0.3, 0.4) is 0 Å². The summed E-state index contributed by atoms with van der Waals surface area (Å²) in [5, 5.41) is 18.8. The maximum Gasteiger partial charge on any atom is 0.174 e. The number of ketones is 1. The van der Waals surface area contributed by atoms with Crippen molar-refractivity contribution in [3.05, 3.63) is 40.4 Å². The van der Waals surface area contributed by atoms with Gasteiger partial charge in [-0.1, -0.05) is 11.6 Å². The Labute approximate surface area is 92.2 Å². The Hall–Kier alpha value is -1.79. The van der Waals surface area contributed by atoms with Crippen molar-refractivity contribution >= 4 is 23.1 Å². The van der Waals surface area contributed by atoms with Crippen molar-refractivity contribution in [3.63, 3.8) is 0 Å². The summed E-state index contributed by atoms with van der Waals surface area (Å²) in [5.74, 6) is -0.786. The summed E-state index contributed by atoms with van der Waals surface area (Å²) >= 11 is 5.66. The highest BCUT2D eigenvalue weighted by atomic mass is 35.5. The van der Waals surface area contributed by atoms with Crippen LogP contribution in [-0.2, 0) is 4.79 Å². The summed E-state index contributed by atoms with van der Waals surface area (Å²) in [7, 11) is 0. The Bertz CT molecular complexity index is 454. The van der Waals surface area contributed by atoms with Crippen LogP contribution in [0.1, 0.15) is 12.5 Å². The standard InChI is InChI=1S/C11H8ClNO2/c1-7(14)10(6-13)11(15)8-2-4-9(12)5-3-8/h2-5,15H,1H3/b11-10-. The molecule has 0 bridgehead atoms. The molecule has 0 amide bonds. The van der Waals surface area contributed by atoms with E-state index in [-0.39, 0.29) is 11.3 Å². The summed E-state index contributed by atoms with van der Waals surface area (Å²) in [4.78, 5) is 11.0. The molecule has 0 aliphatic rings. The van der Waals surface area contributed by atoms with E-state index in [0.29, 0.717) is 10.6 Å². The summed E-state index contributed by atoms with van der Waals surface area (Å²) < 4.78 is 0. The van der Waals surface area contributed by atoms with E-state index >= 15 is 0 Å². The van der Waals surface area contributed by atoms with E-state index in [4.69, 9.17) is 16.9 Å². The lowest BCUT2D eigenvalue weighted by Gasteiger charge is -2.01. The summed E-state index contributed by atoms with van der Waals surface area (Å²) in [5.41, 5.74) is 0.142. The normalized spacial score (nSPS) is 11.5. The molecule has 0 spiro atoms. The van der Waals surface area contributed by atoms with Gasteiger partial charge < -0.3 is 5.11 Å². The van der Waals surface area contributed by atoms with Gasteiger partial charge in [0.05, 0.1) is 0 Å². The molecule has 1 rings (SSSR count). The van der Waals surface area contributed by atoms with Crippen molar-refractivity contribution in [3.8, 4) is 6.07 Å². The SMILES string of the molecule is CC(=O)/C(C#N)=C(\O)c1ccc(Cl)cc1. The highest BCUT2D eigenvalue weighted by molar-refractivity contribution is 6.30. The topological polar surface area (TPSA) is 61.1 Å². The van der Waals surface area contributed by atoms with E-state index in [9.17, 15) is 9.90 Å². The van der Waals surface area contributed by atoms with Gasteiger partial charge in [0, 0.05) is 17.5 Å². The molecular weight excluding hydrogens is 214 g/mol. The molecule has 0 aliphatic heterocycles. The van der Waals surface area contributed by atoms with E-state index < -0.39 is 5.78 Å². The van der Waals surface area contributed by atoms with Gasteiger partial charge in [0.25, 0.3) is 0 Å². The second kappa shape index (κ2) is 4.63. The minimum absolute atomic E-state index is 0.252. The number of aliphatic hydroxyl groups is 1. The molecule has 0 unspecified atom stereocenters. The molecule has 3 nitrogen and oxygen atoms in total. The van der Waals surface area contributed by atoms with Crippen LogP contribution in [0.4, 0.5) is 0 Å². The molecule has 1 aromatic carbocycles. The lowest BCUT2D eigenvalue weighted by Crippen LogP contribution is -1.98. The van der Waals surface area contributed by atoms with Crippen LogP contribution >= 0.6 is 11.6 Å². The highest BCUT2D eigenvalue weighted by Gasteiger charge is 2.11. The molecule has 15 heavy (non-hydrogen) atoms. The van der Waals surface area contributed by atoms with E-state index in [1.807, 2.05) is 0 Å². The van der Waals surface area contributed by atoms with Gasteiger partial charge in [0.2, 0.25) is 0 Å². The van der Waals surface area contributed by atoms with Crippen molar-refractivity contribution in [2.75, 3.05) is 0 Å². The third kappa shape index (κ3) is 2.58. The predicted molar refractivity (Wildman–Crippen MR) is 57.3 cm³/mol. The first-order chi connectivity index (χ1) is 7.06. The largest absolute Gasteiger partial charge is 0.506 e. The van der Waals surface area contributed by atoms with Crippen LogP contribution in [0, 0.1) is 11.3 Å². The third-order valence-corrected chi connectivity index (χ3v) is 2.07. The Morgan fingerprint density at radius 3 is 2.33 bits per heavy atom. The molecule has 1 aromatic rings. The van der Waals surface area contributed by atoms with Gasteiger partial charge in [-0.15, -0.1) is 0 Å². The fourth-order valence-corrected chi connectivity index (χ4v) is 1.18. The van der Waals surface area contributed by atoms with Crippen molar-refractivity contribution in [2.45, 2.75) is 6.92 Å². The number of nitrogens with zero attached hydrogens (tertiary/aromatic N) is 1. The number of aliphatic hydroxyl groups excluding tert-OH is 1. The van der Waals surface area contributed by atoms with Crippen LogP contribution < -0.4 is 0 Å². The number of Topliss-reactive ketones (excluding diaryl/α,β-unsaturated/α-hetero) is 1. The van der Waals surface area contributed by atoms with Crippen LogP contribution in [0.5, 0.6) is 0 Å². The van der Waals surface area contributed by atoms with Gasteiger partial charge in [-0.3, -0.25) is 4.79 Å². The number of hydrogen-bond acceptors (Lipinski definition) is 3. The molecule has 0 saturated carbocycles. The monoisotopic (exact) mass is 221 g/mol. The molecule has 0 aliphatic carbocycles. The second-order valence-corrected chi connectivity index (χ2v) is 3.33. The number of carbonyl (C=O) groups excluding carboxylic acids is 1. The van der Waals surface area contributed by atoms with Crippen molar-refractivity contribution in [1.82, 2.24) is 0 Å². The fourth-order valence-electron chi connectivity index (χ4n) is 1.05. The fraction of sp³-hybridized carbons (Fsp3) is 0.0909. The summed E-state index contributed by atoms with van der Waals surface area (Å²) in [6.45, 7) is 1.23. The summed E-state index contributed by atoms with van der Waals surface area (Å²) in [6, 6.07) is 7.88. The Morgan fingerprint density at radius 2 is 1.93 bits per heavy atom. The van der Waals surface area contributed by atoms with Crippen LogP contribution in [0.2, 0.25) is 5.02 Å². The molecule has 1 N–H and O–H groups in total. The Morgan fingerprint density at radius 1 is 1.40 bits per heavy atom. The molecule has 76 valence electrons. The minimum Gasteiger partial charge on any atom is -0.506 e. The molecule has 0 fully saturated rings. The number of benzene rings is 1. The lowest BCUT2D eigenvalue weighted by atomic mass is 10.1. The average Bonchev–Trinajstić information content (AvgIpc) is 2.19. The van der Waals surface area contributed by atoms with Crippen LogP contribution in [0.15, 0.2) is 29.8 Å².